The lowest BCUT2D eigenvalue weighted by atomic mass is 9.69. The van der Waals surface area contributed by atoms with Crippen LogP contribution in [0.3, 0.4) is 0 Å². The van der Waals surface area contributed by atoms with Crippen LogP contribution in [-0.4, -0.2) is 0 Å². The van der Waals surface area contributed by atoms with Crippen molar-refractivity contribution in [3.63, 3.8) is 0 Å². The van der Waals surface area contributed by atoms with E-state index in [0.29, 0.717) is 0 Å². The van der Waals surface area contributed by atoms with Gasteiger partial charge in [0.1, 0.15) is 0 Å². The molecule has 0 unspecified atom stereocenters. The van der Waals surface area contributed by atoms with Crippen LogP contribution in [0, 0.1) is 0 Å². The highest BCUT2D eigenvalue weighted by Gasteiger charge is 2.32. The maximum absolute atomic E-state index is 2.40. The van der Waals surface area contributed by atoms with Gasteiger partial charge in [0, 0.05) is 0 Å². The first kappa shape index (κ1) is 39.2. The van der Waals surface area contributed by atoms with Crippen molar-refractivity contribution < 1.29 is 0 Å². The molecule has 0 nitrogen and oxygen atoms in total. The second kappa shape index (κ2) is 21.6. The van der Waals surface area contributed by atoms with Crippen LogP contribution in [-0.2, 0) is 64.2 Å². The Hall–Kier alpha value is -1.56. The lowest BCUT2D eigenvalue weighted by Crippen LogP contribution is -2.24. The van der Waals surface area contributed by atoms with Crippen molar-refractivity contribution in [2.24, 2.45) is 0 Å². The standard InChI is InChI=1S/C48H78/c1-7-13-19-27-37-38(28-20-14-8-2)42(30-22-16-10-4)46-36-48-44(32-24-18-12-6)40-34-26-25-33-39(40)43(31-23-17-11-5)47(48)35-45(46)41(37)29-21-15-9-3/h7-36H2,1-6H3. The highest BCUT2D eigenvalue weighted by molar-refractivity contribution is 5.63. The summed E-state index contributed by atoms with van der Waals surface area (Å²) in [7, 11) is 0. The van der Waals surface area contributed by atoms with Crippen molar-refractivity contribution in [1.29, 1.82) is 0 Å². The third kappa shape index (κ3) is 10.0. The monoisotopic (exact) mass is 655 g/mol. The minimum atomic E-state index is 1.25. The van der Waals surface area contributed by atoms with Gasteiger partial charge in [0.25, 0.3) is 0 Å². The van der Waals surface area contributed by atoms with Gasteiger partial charge in [-0.1, -0.05) is 119 Å². The maximum Gasteiger partial charge on any atom is -0.00142 e. The second-order valence-corrected chi connectivity index (χ2v) is 16.0. The van der Waals surface area contributed by atoms with Gasteiger partial charge in [-0.15, -0.1) is 0 Å². The molecule has 2 aromatic carbocycles. The number of benzene rings is 2. The van der Waals surface area contributed by atoms with E-state index in [1.165, 1.54) is 193 Å². The summed E-state index contributed by atoms with van der Waals surface area (Å²) in [6, 6.07) is 0. The van der Waals surface area contributed by atoms with E-state index in [-0.39, 0.29) is 0 Å². The van der Waals surface area contributed by atoms with Crippen molar-refractivity contribution in [2.75, 3.05) is 0 Å². The third-order valence-corrected chi connectivity index (χ3v) is 12.4. The molecule has 0 heterocycles. The van der Waals surface area contributed by atoms with E-state index in [2.05, 4.69) is 41.5 Å². The quantitative estimate of drug-likeness (QED) is 0.0843. The molecular weight excluding hydrogens is 577 g/mol. The zero-order valence-electron chi connectivity index (χ0n) is 33.2. The summed E-state index contributed by atoms with van der Waals surface area (Å²) in [5.74, 6) is 0. The minimum absolute atomic E-state index is 1.25. The van der Waals surface area contributed by atoms with E-state index in [1.54, 1.807) is 0 Å². The van der Waals surface area contributed by atoms with E-state index in [1.807, 2.05) is 66.8 Å². The lowest BCUT2D eigenvalue weighted by Gasteiger charge is -2.36. The average molecular weight is 655 g/mol. The SMILES string of the molecule is CCCCCc1c(CCCCC)c(CCCCC)c2c(c1CCCCC)Cc1c(CCCCC)c3c(c(CCCCC)c1C2)CCCC3. The molecule has 2 aliphatic carbocycles. The maximum atomic E-state index is 2.40. The van der Waals surface area contributed by atoms with Crippen LogP contribution in [0.15, 0.2) is 0 Å². The first-order valence-corrected chi connectivity index (χ1v) is 22.0. The van der Waals surface area contributed by atoms with Crippen molar-refractivity contribution in [1.82, 2.24) is 0 Å². The summed E-state index contributed by atoms with van der Waals surface area (Å²) in [5, 5.41) is 0. The predicted octanol–water partition coefficient (Wildman–Crippen LogP) is 14.5. The summed E-state index contributed by atoms with van der Waals surface area (Å²) in [4.78, 5) is 0. The van der Waals surface area contributed by atoms with Gasteiger partial charge in [-0.05, 0) is 182 Å². The van der Waals surface area contributed by atoms with Gasteiger partial charge in [0.2, 0.25) is 0 Å². The van der Waals surface area contributed by atoms with Crippen LogP contribution in [0.1, 0.15) is 237 Å². The van der Waals surface area contributed by atoms with Crippen LogP contribution in [0.2, 0.25) is 0 Å². The summed E-state index contributed by atoms with van der Waals surface area (Å²) < 4.78 is 0. The Morgan fingerprint density at radius 1 is 0.271 bits per heavy atom. The minimum Gasteiger partial charge on any atom is -0.0654 e. The Bertz CT molecular complexity index is 1150. The second-order valence-electron chi connectivity index (χ2n) is 16.0. The van der Waals surface area contributed by atoms with Gasteiger partial charge < -0.3 is 0 Å². The molecule has 0 spiro atoms. The van der Waals surface area contributed by atoms with Crippen molar-refractivity contribution >= 4 is 0 Å². The average Bonchev–Trinajstić information content (AvgIpc) is 3.10. The van der Waals surface area contributed by atoms with Crippen LogP contribution in [0.5, 0.6) is 0 Å². The van der Waals surface area contributed by atoms with Crippen LogP contribution < -0.4 is 0 Å². The Morgan fingerprint density at radius 2 is 0.521 bits per heavy atom. The zero-order valence-corrected chi connectivity index (χ0v) is 33.2. The summed E-state index contributed by atoms with van der Waals surface area (Å²) in [6.45, 7) is 14.4. The van der Waals surface area contributed by atoms with Crippen LogP contribution in [0.25, 0.3) is 0 Å². The van der Waals surface area contributed by atoms with Crippen molar-refractivity contribution in [3.05, 3.63) is 66.8 Å². The fraction of sp³-hybridized carbons (Fsp3) is 0.750. The van der Waals surface area contributed by atoms with E-state index in [9.17, 15) is 0 Å². The number of unbranched alkanes of at least 4 members (excludes halogenated alkanes) is 12. The molecule has 0 aliphatic heterocycles. The van der Waals surface area contributed by atoms with E-state index in [4.69, 9.17) is 0 Å². The third-order valence-electron chi connectivity index (χ3n) is 12.4. The van der Waals surface area contributed by atoms with Crippen LogP contribution in [0.4, 0.5) is 0 Å². The van der Waals surface area contributed by atoms with Crippen molar-refractivity contribution in [3.8, 4) is 0 Å². The van der Waals surface area contributed by atoms with Gasteiger partial charge in [0.15, 0.2) is 0 Å². The molecule has 0 aromatic heterocycles. The van der Waals surface area contributed by atoms with E-state index < -0.39 is 0 Å². The predicted molar refractivity (Wildman–Crippen MR) is 215 cm³/mol. The Kier molecular flexibility index (Phi) is 17.7. The normalized spacial score (nSPS) is 13.9. The Balaban J connectivity index is 1.98. The van der Waals surface area contributed by atoms with Gasteiger partial charge in [0.05, 0.1) is 0 Å². The van der Waals surface area contributed by atoms with Crippen LogP contribution >= 0.6 is 0 Å². The molecule has 0 saturated heterocycles. The first-order valence-electron chi connectivity index (χ1n) is 22.0. The molecule has 2 aromatic rings. The van der Waals surface area contributed by atoms with Gasteiger partial charge in [-0.3, -0.25) is 0 Å². The molecule has 4 rings (SSSR count). The molecule has 0 radical (unpaired) electrons. The fourth-order valence-corrected chi connectivity index (χ4v) is 9.72. The molecular formula is C48H78. The summed E-state index contributed by atoms with van der Waals surface area (Å²) >= 11 is 0. The molecule has 0 amide bonds. The molecule has 0 N–H and O–H groups in total. The molecule has 0 heteroatoms. The number of fused-ring (bicyclic) bond motifs is 3. The molecule has 0 fully saturated rings. The van der Waals surface area contributed by atoms with Gasteiger partial charge in [-0.2, -0.15) is 0 Å². The number of hydrogen-bond donors (Lipinski definition) is 0. The van der Waals surface area contributed by atoms with E-state index >= 15 is 0 Å². The lowest BCUT2D eigenvalue weighted by molar-refractivity contribution is 0.637. The topological polar surface area (TPSA) is 0 Å². The Labute approximate surface area is 300 Å². The number of rotatable bonds is 24. The Morgan fingerprint density at radius 3 is 0.812 bits per heavy atom. The van der Waals surface area contributed by atoms with Gasteiger partial charge >= 0.3 is 0 Å². The van der Waals surface area contributed by atoms with Crippen molar-refractivity contribution in [2.45, 2.75) is 234 Å². The highest BCUT2D eigenvalue weighted by atomic mass is 14.4. The smallest absolute Gasteiger partial charge is 0.00142 e. The molecule has 48 heavy (non-hydrogen) atoms. The fourth-order valence-electron chi connectivity index (χ4n) is 9.72. The number of hydrogen-bond acceptors (Lipinski definition) is 0. The molecule has 2 aliphatic rings. The summed E-state index contributed by atoms with van der Waals surface area (Å²) in [5.41, 5.74) is 22.2. The van der Waals surface area contributed by atoms with Gasteiger partial charge in [-0.25, -0.2) is 0 Å². The highest BCUT2D eigenvalue weighted by Crippen LogP contribution is 2.45. The molecule has 0 atom stereocenters. The molecule has 0 bridgehead atoms. The molecule has 270 valence electrons. The summed E-state index contributed by atoms with van der Waals surface area (Å²) in [6.07, 6.45) is 40.4. The largest absolute Gasteiger partial charge is 0.0654 e. The molecule has 0 saturated carbocycles. The zero-order chi connectivity index (χ0) is 34.1. The first-order chi connectivity index (χ1) is 23.6. The van der Waals surface area contributed by atoms with E-state index in [0.717, 1.165) is 0 Å².